The summed E-state index contributed by atoms with van der Waals surface area (Å²) in [4.78, 5) is 6.76. The van der Waals surface area contributed by atoms with Gasteiger partial charge in [0.2, 0.25) is 0 Å². The Morgan fingerprint density at radius 2 is 2.12 bits per heavy atom. The lowest BCUT2D eigenvalue weighted by molar-refractivity contribution is 0.306. The number of thiophene rings is 1. The minimum atomic E-state index is 0.612. The van der Waals surface area contributed by atoms with Crippen molar-refractivity contribution in [3.8, 4) is 5.75 Å². The van der Waals surface area contributed by atoms with Crippen molar-refractivity contribution in [1.29, 1.82) is 0 Å². The minimum absolute atomic E-state index is 0.612. The molecule has 0 aliphatic heterocycles. The highest BCUT2D eigenvalue weighted by Gasteiger charge is 2.02. The third-order valence-electron chi connectivity index (χ3n) is 2.40. The minimum Gasteiger partial charge on any atom is -0.486 e. The van der Waals surface area contributed by atoms with Crippen LogP contribution in [-0.4, -0.2) is 12.0 Å². The van der Waals surface area contributed by atoms with E-state index in [1.807, 2.05) is 26.1 Å². The monoisotopic (exact) mass is 248 g/mol. The fourth-order valence-corrected chi connectivity index (χ4v) is 2.48. The van der Waals surface area contributed by atoms with Crippen molar-refractivity contribution in [2.45, 2.75) is 20.1 Å². The standard InChI is InChI=1S/C13H16N2OS/c1-10-13(4-3-7-15-10)16-9-12-6-5-11(17-12)8-14-2/h3-7,14H,8-9H2,1-2H3. The predicted molar refractivity (Wildman–Crippen MR) is 70.4 cm³/mol. The van der Waals surface area contributed by atoms with Gasteiger partial charge in [0.15, 0.2) is 0 Å². The van der Waals surface area contributed by atoms with E-state index < -0.39 is 0 Å². The van der Waals surface area contributed by atoms with Gasteiger partial charge in [0.05, 0.1) is 5.69 Å². The molecule has 0 aliphatic carbocycles. The molecule has 0 saturated heterocycles. The van der Waals surface area contributed by atoms with Crippen LogP contribution in [-0.2, 0) is 13.2 Å². The first-order valence-corrected chi connectivity index (χ1v) is 6.38. The largest absolute Gasteiger partial charge is 0.486 e. The number of nitrogens with zero attached hydrogens (tertiary/aromatic N) is 1. The quantitative estimate of drug-likeness (QED) is 0.883. The number of rotatable bonds is 5. The number of aryl methyl sites for hydroxylation is 1. The molecule has 0 fully saturated rings. The average Bonchev–Trinajstić information content (AvgIpc) is 2.76. The van der Waals surface area contributed by atoms with Crippen LogP contribution < -0.4 is 10.1 Å². The Bertz CT molecular complexity index is 482. The summed E-state index contributed by atoms with van der Waals surface area (Å²) in [5, 5.41) is 3.14. The van der Waals surface area contributed by atoms with Gasteiger partial charge in [-0.2, -0.15) is 0 Å². The van der Waals surface area contributed by atoms with Gasteiger partial charge in [0.1, 0.15) is 12.4 Å². The van der Waals surface area contributed by atoms with Gasteiger partial charge in [0, 0.05) is 22.5 Å². The number of hydrogen-bond acceptors (Lipinski definition) is 4. The van der Waals surface area contributed by atoms with Gasteiger partial charge in [-0.25, -0.2) is 0 Å². The highest BCUT2D eigenvalue weighted by molar-refractivity contribution is 7.11. The molecule has 90 valence electrons. The lowest BCUT2D eigenvalue weighted by Gasteiger charge is -2.06. The molecule has 0 bridgehead atoms. The molecule has 0 saturated carbocycles. The lowest BCUT2D eigenvalue weighted by atomic mass is 10.3. The Labute approximate surface area is 105 Å². The van der Waals surface area contributed by atoms with Crippen LogP contribution in [0, 0.1) is 6.92 Å². The van der Waals surface area contributed by atoms with E-state index in [0.717, 1.165) is 18.0 Å². The molecule has 2 aromatic rings. The maximum absolute atomic E-state index is 5.74. The number of nitrogens with one attached hydrogen (secondary N) is 1. The first-order valence-electron chi connectivity index (χ1n) is 5.56. The van der Waals surface area contributed by atoms with Gasteiger partial charge in [0.25, 0.3) is 0 Å². The second-order valence-corrected chi connectivity index (χ2v) is 5.03. The summed E-state index contributed by atoms with van der Waals surface area (Å²) in [6.45, 7) is 3.48. The second kappa shape index (κ2) is 5.80. The van der Waals surface area contributed by atoms with Crippen LogP contribution >= 0.6 is 11.3 Å². The van der Waals surface area contributed by atoms with Crippen LogP contribution in [0.4, 0.5) is 0 Å². The van der Waals surface area contributed by atoms with Crippen LogP contribution in [0.3, 0.4) is 0 Å². The molecular formula is C13H16N2OS. The lowest BCUT2D eigenvalue weighted by Crippen LogP contribution is -2.02. The van der Waals surface area contributed by atoms with Crippen molar-refractivity contribution in [2.75, 3.05) is 7.05 Å². The van der Waals surface area contributed by atoms with Gasteiger partial charge in [-0.3, -0.25) is 4.98 Å². The summed E-state index contributed by atoms with van der Waals surface area (Å²) < 4.78 is 5.74. The van der Waals surface area contributed by atoms with E-state index in [1.54, 1.807) is 17.5 Å². The van der Waals surface area contributed by atoms with Gasteiger partial charge < -0.3 is 10.1 Å². The summed E-state index contributed by atoms with van der Waals surface area (Å²) >= 11 is 1.77. The van der Waals surface area contributed by atoms with Gasteiger partial charge >= 0.3 is 0 Å². The first-order chi connectivity index (χ1) is 8.29. The summed E-state index contributed by atoms with van der Waals surface area (Å²) in [6.07, 6.45) is 1.78. The van der Waals surface area contributed by atoms with Crippen molar-refractivity contribution >= 4 is 11.3 Å². The first kappa shape index (κ1) is 12.1. The highest BCUT2D eigenvalue weighted by Crippen LogP contribution is 2.20. The molecule has 0 aromatic carbocycles. The average molecular weight is 248 g/mol. The van der Waals surface area contributed by atoms with Crippen LogP contribution in [0.25, 0.3) is 0 Å². The molecule has 0 unspecified atom stereocenters. The maximum Gasteiger partial charge on any atom is 0.141 e. The Morgan fingerprint density at radius 1 is 1.29 bits per heavy atom. The summed E-state index contributed by atoms with van der Waals surface area (Å²) in [6, 6.07) is 8.09. The molecule has 1 N–H and O–H groups in total. The molecule has 2 aromatic heterocycles. The molecule has 0 radical (unpaired) electrons. The molecular weight excluding hydrogens is 232 g/mol. The van der Waals surface area contributed by atoms with Crippen LogP contribution in [0.2, 0.25) is 0 Å². The Balaban J connectivity index is 1.95. The molecule has 4 heteroatoms. The van der Waals surface area contributed by atoms with Crippen molar-refractivity contribution in [1.82, 2.24) is 10.3 Å². The maximum atomic E-state index is 5.74. The summed E-state index contributed by atoms with van der Waals surface area (Å²) in [7, 11) is 1.95. The third-order valence-corrected chi connectivity index (χ3v) is 3.46. The van der Waals surface area contributed by atoms with Gasteiger partial charge in [-0.05, 0) is 38.2 Å². The van der Waals surface area contributed by atoms with Crippen molar-refractivity contribution in [2.24, 2.45) is 0 Å². The van der Waals surface area contributed by atoms with E-state index in [1.165, 1.54) is 9.75 Å². The van der Waals surface area contributed by atoms with E-state index in [-0.39, 0.29) is 0 Å². The molecule has 2 heterocycles. The molecule has 0 spiro atoms. The Hall–Kier alpha value is -1.39. The van der Waals surface area contributed by atoms with E-state index in [9.17, 15) is 0 Å². The molecule has 0 atom stereocenters. The SMILES string of the molecule is CNCc1ccc(COc2cccnc2C)s1. The normalized spacial score (nSPS) is 10.5. The van der Waals surface area contributed by atoms with Crippen molar-refractivity contribution in [3.05, 3.63) is 45.9 Å². The van der Waals surface area contributed by atoms with Crippen LogP contribution in [0.5, 0.6) is 5.75 Å². The number of aromatic nitrogens is 1. The molecule has 3 nitrogen and oxygen atoms in total. The van der Waals surface area contributed by atoms with E-state index in [4.69, 9.17) is 4.74 Å². The number of ether oxygens (including phenoxy) is 1. The van der Waals surface area contributed by atoms with E-state index >= 15 is 0 Å². The number of pyridine rings is 1. The van der Waals surface area contributed by atoms with Crippen LogP contribution in [0.1, 0.15) is 15.4 Å². The molecule has 2 rings (SSSR count). The Kier molecular flexibility index (Phi) is 4.12. The highest BCUT2D eigenvalue weighted by atomic mass is 32.1. The van der Waals surface area contributed by atoms with Crippen molar-refractivity contribution in [3.63, 3.8) is 0 Å². The zero-order chi connectivity index (χ0) is 12.1. The van der Waals surface area contributed by atoms with E-state index in [2.05, 4.69) is 22.4 Å². The Morgan fingerprint density at radius 3 is 2.88 bits per heavy atom. The smallest absolute Gasteiger partial charge is 0.141 e. The molecule has 0 aliphatic rings. The predicted octanol–water partition coefficient (Wildman–Crippen LogP) is 2.75. The third kappa shape index (κ3) is 3.28. The van der Waals surface area contributed by atoms with Gasteiger partial charge in [-0.15, -0.1) is 11.3 Å². The van der Waals surface area contributed by atoms with E-state index in [0.29, 0.717) is 6.61 Å². The zero-order valence-corrected chi connectivity index (χ0v) is 10.9. The van der Waals surface area contributed by atoms with Crippen LogP contribution in [0.15, 0.2) is 30.5 Å². The van der Waals surface area contributed by atoms with Gasteiger partial charge in [-0.1, -0.05) is 0 Å². The molecule has 0 amide bonds. The summed E-state index contributed by atoms with van der Waals surface area (Å²) in [5.41, 5.74) is 0.930. The number of hydrogen-bond donors (Lipinski definition) is 1. The zero-order valence-electron chi connectivity index (χ0n) is 10.1. The molecule has 17 heavy (non-hydrogen) atoms. The fourth-order valence-electron chi connectivity index (χ4n) is 1.54. The fraction of sp³-hybridized carbons (Fsp3) is 0.308. The van der Waals surface area contributed by atoms with Crippen molar-refractivity contribution < 1.29 is 4.74 Å². The second-order valence-electron chi connectivity index (χ2n) is 3.77. The topological polar surface area (TPSA) is 34.1 Å². The summed E-state index contributed by atoms with van der Waals surface area (Å²) in [5.74, 6) is 0.857.